The number of fused-ring (bicyclic) bond motifs is 3. The predicted octanol–water partition coefficient (Wildman–Crippen LogP) is 6.15. The van der Waals surface area contributed by atoms with Gasteiger partial charge in [0.25, 0.3) is 0 Å². The van der Waals surface area contributed by atoms with Gasteiger partial charge in [0.05, 0.1) is 11.0 Å². The van der Waals surface area contributed by atoms with E-state index in [-0.39, 0.29) is 12.8 Å². The zero-order valence-corrected chi connectivity index (χ0v) is 17.5. The molecule has 0 saturated heterocycles. The Balaban J connectivity index is 0.000000256. The number of halogens is 2. The number of nitrogens with zero attached hydrogens (tertiary/aromatic N) is 2. The molecule has 0 spiro atoms. The van der Waals surface area contributed by atoms with Crippen molar-refractivity contribution in [1.29, 1.82) is 0 Å². The van der Waals surface area contributed by atoms with Crippen LogP contribution in [0.4, 0.5) is 0 Å². The summed E-state index contributed by atoms with van der Waals surface area (Å²) in [5, 5.41) is 2.28. The molecule has 1 aromatic carbocycles. The van der Waals surface area contributed by atoms with E-state index < -0.39 is 13.5 Å². The molecule has 0 aliphatic rings. The van der Waals surface area contributed by atoms with Gasteiger partial charge in [0.1, 0.15) is 0 Å². The molecule has 0 bridgehead atoms. The summed E-state index contributed by atoms with van der Waals surface area (Å²) in [5.41, 5.74) is 2.12. The number of hydrogen-bond donors (Lipinski definition) is 0. The van der Waals surface area contributed by atoms with Crippen molar-refractivity contribution in [3.63, 3.8) is 0 Å². The maximum absolute atomic E-state index is 5.55. The SMILES string of the molecule is CC(C)(C)C=[C]=[Ru]([Cl])[Cl].[CH3-].c1cnc2c(c1)ccc1cccnc12. The van der Waals surface area contributed by atoms with Gasteiger partial charge in [-0.3, -0.25) is 9.97 Å². The number of hydrogen-bond acceptors (Lipinski definition) is 2. The first kappa shape index (κ1) is 20.9. The molecule has 130 valence electrons. The Morgan fingerprint density at radius 2 is 1.38 bits per heavy atom. The minimum Gasteiger partial charge on any atom is -0.358 e. The van der Waals surface area contributed by atoms with E-state index in [1.807, 2.05) is 18.2 Å². The molecule has 0 saturated carbocycles. The van der Waals surface area contributed by atoms with Crippen LogP contribution in [0.15, 0.2) is 54.9 Å². The van der Waals surface area contributed by atoms with Crippen LogP contribution in [0.1, 0.15) is 20.8 Å². The normalized spacial score (nSPS) is 11.0. The van der Waals surface area contributed by atoms with Gasteiger partial charge in [0.2, 0.25) is 0 Å². The summed E-state index contributed by atoms with van der Waals surface area (Å²) in [6.45, 7) is 6.27. The van der Waals surface area contributed by atoms with E-state index in [0.717, 1.165) is 21.8 Å². The van der Waals surface area contributed by atoms with E-state index in [9.17, 15) is 0 Å². The van der Waals surface area contributed by atoms with Crippen molar-refractivity contribution in [2.45, 2.75) is 20.8 Å². The minimum atomic E-state index is -1.67. The molecule has 0 aliphatic heterocycles. The number of aromatic nitrogens is 2. The molecule has 0 radical (unpaired) electrons. The molecule has 2 nitrogen and oxygen atoms in total. The molecule has 5 heteroatoms. The van der Waals surface area contributed by atoms with Crippen molar-refractivity contribution < 1.29 is 13.5 Å². The molecule has 0 N–H and O–H groups in total. The summed E-state index contributed by atoms with van der Waals surface area (Å²) < 4.78 is 2.93. The van der Waals surface area contributed by atoms with Crippen molar-refractivity contribution in [2.24, 2.45) is 5.41 Å². The van der Waals surface area contributed by atoms with Crippen LogP contribution in [-0.2, 0) is 13.5 Å². The summed E-state index contributed by atoms with van der Waals surface area (Å²) in [6.07, 6.45) is 5.54. The van der Waals surface area contributed by atoms with Crippen LogP contribution in [0.2, 0.25) is 0 Å². The molecule has 0 atom stereocenters. The molecular formula is C19H21Cl2N2Ru-. The van der Waals surface area contributed by atoms with Crippen molar-refractivity contribution in [3.8, 4) is 0 Å². The van der Waals surface area contributed by atoms with Crippen LogP contribution in [0.25, 0.3) is 21.8 Å². The fourth-order valence-electron chi connectivity index (χ4n) is 1.87. The molecule has 0 aliphatic carbocycles. The first-order chi connectivity index (χ1) is 10.9. The van der Waals surface area contributed by atoms with Crippen LogP contribution >= 0.6 is 19.4 Å². The fraction of sp³-hybridized carbons (Fsp3) is 0.211. The molecule has 0 fully saturated rings. The van der Waals surface area contributed by atoms with Crippen molar-refractivity contribution >= 4 is 45.5 Å². The zero-order chi connectivity index (χ0) is 16.9. The Hall–Kier alpha value is -1.11. The number of rotatable bonds is 0. The maximum Gasteiger partial charge on any atom is 0.0964 e. The van der Waals surface area contributed by atoms with E-state index in [0.29, 0.717) is 0 Å². The second kappa shape index (κ2) is 9.40. The summed E-state index contributed by atoms with van der Waals surface area (Å²) in [6, 6.07) is 12.1. The summed E-state index contributed by atoms with van der Waals surface area (Å²) in [7, 11) is 11.1. The summed E-state index contributed by atoms with van der Waals surface area (Å²) >= 11 is -1.67. The zero-order valence-electron chi connectivity index (χ0n) is 14.2. The molecule has 0 amide bonds. The summed E-state index contributed by atoms with van der Waals surface area (Å²) in [5.74, 6) is 0. The molecule has 3 rings (SSSR count). The average Bonchev–Trinajstić information content (AvgIpc) is 2.53. The van der Waals surface area contributed by atoms with Crippen LogP contribution in [0, 0.1) is 12.8 Å². The topological polar surface area (TPSA) is 25.8 Å². The quantitative estimate of drug-likeness (QED) is 0.234. The first-order valence-electron chi connectivity index (χ1n) is 7.06. The van der Waals surface area contributed by atoms with Gasteiger partial charge in [0, 0.05) is 23.2 Å². The molecule has 2 heterocycles. The van der Waals surface area contributed by atoms with E-state index in [1.54, 1.807) is 12.4 Å². The van der Waals surface area contributed by atoms with Gasteiger partial charge in [-0.05, 0) is 12.1 Å². The summed E-state index contributed by atoms with van der Waals surface area (Å²) in [4.78, 5) is 8.69. The van der Waals surface area contributed by atoms with E-state index in [2.05, 4.69) is 59.3 Å². The molecule has 24 heavy (non-hydrogen) atoms. The van der Waals surface area contributed by atoms with Crippen molar-refractivity contribution in [1.82, 2.24) is 9.97 Å². The standard InChI is InChI=1S/C12H8N2.C6H10.CH3.2ClH.Ru/c1-3-9-5-6-10-4-2-8-14-12(10)11(9)13-7-1;1-5-6(2,3)4;;;;/h1-8H;5H,2-4H3;1H3;2*1H;/q;;-1;;;+2/p-2. The molecular weight excluding hydrogens is 428 g/mol. The van der Waals surface area contributed by atoms with Gasteiger partial charge in [0.15, 0.2) is 0 Å². The van der Waals surface area contributed by atoms with E-state index >= 15 is 0 Å². The second-order valence-corrected chi connectivity index (χ2v) is 11.4. The minimum absolute atomic E-state index is 0. The van der Waals surface area contributed by atoms with Gasteiger partial charge < -0.3 is 7.43 Å². The second-order valence-electron chi connectivity index (χ2n) is 6.01. The van der Waals surface area contributed by atoms with E-state index in [4.69, 9.17) is 19.4 Å². The molecule has 2 aromatic heterocycles. The van der Waals surface area contributed by atoms with Gasteiger partial charge in [-0.2, -0.15) is 0 Å². The van der Waals surface area contributed by atoms with Crippen LogP contribution in [-0.4, -0.2) is 14.2 Å². The number of benzene rings is 1. The predicted molar refractivity (Wildman–Crippen MR) is 104 cm³/mol. The maximum atomic E-state index is 5.55. The Morgan fingerprint density at radius 1 is 0.917 bits per heavy atom. The Kier molecular flexibility index (Phi) is 8.20. The third-order valence-electron chi connectivity index (χ3n) is 2.91. The van der Waals surface area contributed by atoms with Crippen LogP contribution in [0.3, 0.4) is 0 Å². The first-order valence-corrected chi connectivity index (χ1v) is 12.4. The Labute approximate surface area is 157 Å². The van der Waals surface area contributed by atoms with Gasteiger partial charge >= 0.3 is 69.4 Å². The van der Waals surface area contributed by atoms with E-state index in [1.165, 1.54) is 0 Å². The Bertz CT molecular complexity index is 820. The third-order valence-corrected chi connectivity index (χ3v) is 4.45. The average molecular weight is 449 g/mol. The van der Waals surface area contributed by atoms with Crippen molar-refractivity contribution in [2.75, 3.05) is 0 Å². The number of allylic oxidation sites excluding steroid dienone is 1. The van der Waals surface area contributed by atoms with Gasteiger partial charge in [-0.1, -0.05) is 24.3 Å². The fourth-order valence-corrected chi connectivity index (χ4v) is 3.27. The van der Waals surface area contributed by atoms with Crippen LogP contribution < -0.4 is 0 Å². The molecule has 0 unspecified atom stereocenters. The Morgan fingerprint density at radius 3 is 1.71 bits per heavy atom. The van der Waals surface area contributed by atoms with Gasteiger partial charge in [-0.25, -0.2) is 0 Å². The van der Waals surface area contributed by atoms with Crippen molar-refractivity contribution in [3.05, 3.63) is 62.3 Å². The van der Waals surface area contributed by atoms with Gasteiger partial charge in [-0.15, -0.1) is 0 Å². The smallest absolute Gasteiger partial charge is 0.0964 e. The molecule has 3 aromatic rings. The van der Waals surface area contributed by atoms with Crippen LogP contribution in [0.5, 0.6) is 0 Å². The largest absolute Gasteiger partial charge is 0.358 e. The number of pyridine rings is 2. The monoisotopic (exact) mass is 449 g/mol. The third kappa shape index (κ3) is 6.42.